The molecule has 1 heterocycles. The Hall–Kier alpha value is -1.20. The third-order valence-corrected chi connectivity index (χ3v) is 3.23. The molecule has 0 spiro atoms. The quantitative estimate of drug-likeness (QED) is 0.836. The molecule has 5 heteroatoms. The summed E-state index contributed by atoms with van der Waals surface area (Å²) in [6.07, 6.45) is 0. The van der Waals surface area contributed by atoms with E-state index in [2.05, 4.69) is 21.2 Å². The van der Waals surface area contributed by atoms with Gasteiger partial charge in [0.05, 0.1) is 16.6 Å². The number of rotatable bonds is 4. The smallest absolute Gasteiger partial charge is 0.138 e. The maximum absolute atomic E-state index is 13.8. The molecule has 19 heavy (non-hydrogen) atoms. The largest absolute Gasteiger partial charge is 0.460 e. The normalized spacial score (nSPS) is 11.3. The Morgan fingerprint density at radius 1 is 1.21 bits per heavy atom. The van der Waals surface area contributed by atoms with E-state index >= 15 is 0 Å². The fourth-order valence-corrected chi connectivity index (χ4v) is 1.95. The van der Waals surface area contributed by atoms with Crippen molar-refractivity contribution in [1.29, 1.82) is 0 Å². The molecule has 0 bridgehead atoms. The molecule has 0 aliphatic rings. The van der Waals surface area contributed by atoms with Gasteiger partial charge in [0.15, 0.2) is 0 Å². The Kier molecular flexibility index (Phi) is 4.37. The van der Waals surface area contributed by atoms with Crippen molar-refractivity contribution in [2.75, 3.05) is 0 Å². The van der Waals surface area contributed by atoms with Crippen molar-refractivity contribution in [3.63, 3.8) is 0 Å². The molecular formula is C14H14BrF2NO. The van der Waals surface area contributed by atoms with E-state index < -0.39 is 11.6 Å². The van der Waals surface area contributed by atoms with Crippen molar-refractivity contribution in [3.05, 3.63) is 46.1 Å². The van der Waals surface area contributed by atoms with Crippen LogP contribution in [0.4, 0.5) is 8.78 Å². The van der Waals surface area contributed by atoms with Gasteiger partial charge in [-0.15, -0.1) is 0 Å². The highest BCUT2D eigenvalue weighted by Gasteiger charge is 2.13. The third kappa shape index (κ3) is 3.42. The monoisotopic (exact) mass is 329 g/mol. The zero-order chi connectivity index (χ0) is 14.0. The number of hydrogen-bond donors (Lipinski definition) is 1. The minimum Gasteiger partial charge on any atom is -0.460 e. The molecular weight excluding hydrogens is 316 g/mol. The van der Waals surface area contributed by atoms with E-state index in [0.29, 0.717) is 24.1 Å². The highest BCUT2D eigenvalue weighted by atomic mass is 79.9. The Balaban J connectivity index is 2.25. The molecule has 0 saturated carbocycles. The molecule has 2 nitrogen and oxygen atoms in total. The summed E-state index contributed by atoms with van der Waals surface area (Å²) in [6, 6.07) is 5.94. The second kappa shape index (κ2) is 5.84. The average molecular weight is 330 g/mol. The number of nitrogens with one attached hydrogen (secondary N) is 1. The molecule has 1 aromatic carbocycles. The van der Waals surface area contributed by atoms with Crippen molar-refractivity contribution in [1.82, 2.24) is 5.32 Å². The standard InChI is InChI=1S/C14H14BrF2NO/c1-8(2)18-7-9-3-4-14(19-9)10-5-13(17)11(15)6-12(10)16/h3-6,8,18H,7H2,1-2H3. The first-order valence-electron chi connectivity index (χ1n) is 5.94. The minimum atomic E-state index is -0.522. The molecule has 0 fully saturated rings. The first-order chi connectivity index (χ1) is 8.97. The summed E-state index contributed by atoms with van der Waals surface area (Å²) in [5.41, 5.74) is 0.122. The van der Waals surface area contributed by atoms with Gasteiger partial charge in [-0.25, -0.2) is 8.78 Å². The lowest BCUT2D eigenvalue weighted by atomic mass is 10.1. The van der Waals surface area contributed by atoms with E-state index in [1.54, 1.807) is 12.1 Å². The van der Waals surface area contributed by atoms with Crippen LogP contribution in [0.15, 0.2) is 33.2 Å². The SMILES string of the molecule is CC(C)NCc1ccc(-c2cc(F)c(Br)cc2F)o1. The first kappa shape index (κ1) is 14.2. The van der Waals surface area contributed by atoms with Gasteiger partial charge in [-0.05, 0) is 40.2 Å². The van der Waals surface area contributed by atoms with Crippen LogP contribution >= 0.6 is 15.9 Å². The van der Waals surface area contributed by atoms with Gasteiger partial charge in [0, 0.05) is 6.04 Å². The summed E-state index contributed by atoms with van der Waals surface area (Å²) in [7, 11) is 0. The Labute approximate surface area is 118 Å². The Morgan fingerprint density at radius 3 is 2.63 bits per heavy atom. The van der Waals surface area contributed by atoms with Crippen LogP contribution in [0.25, 0.3) is 11.3 Å². The summed E-state index contributed by atoms with van der Waals surface area (Å²) in [5, 5.41) is 3.19. The van der Waals surface area contributed by atoms with Crippen LogP contribution in [-0.4, -0.2) is 6.04 Å². The van der Waals surface area contributed by atoms with Gasteiger partial charge in [0.1, 0.15) is 23.2 Å². The van der Waals surface area contributed by atoms with Crippen LogP contribution in [0.5, 0.6) is 0 Å². The molecule has 1 N–H and O–H groups in total. The Morgan fingerprint density at radius 2 is 1.95 bits per heavy atom. The third-order valence-electron chi connectivity index (χ3n) is 2.62. The lowest BCUT2D eigenvalue weighted by molar-refractivity contribution is 0.470. The zero-order valence-corrected chi connectivity index (χ0v) is 12.2. The highest BCUT2D eigenvalue weighted by Crippen LogP contribution is 2.29. The van der Waals surface area contributed by atoms with Crippen molar-refractivity contribution in [2.45, 2.75) is 26.4 Å². The van der Waals surface area contributed by atoms with Gasteiger partial charge >= 0.3 is 0 Å². The fourth-order valence-electron chi connectivity index (χ4n) is 1.63. The molecule has 0 saturated heterocycles. The van der Waals surface area contributed by atoms with Crippen LogP contribution < -0.4 is 5.32 Å². The average Bonchev–Trinajstić information content (AvgIpc) is 2.80. The lowest BCUT2D eigenvalue weighted by Crippen LogP contribution is -2.21. The van der Waals surface area contributed by atoms with E-state index in [1.165, 1.54) is 0 Å². The predicted octanol–water partition coefficient (Wildman–Crippen LogP) is 4.49. The lowest BCUT2D eigenvalue weighted by Gasteiger charge is -2.05. The van der Waals surface area contributed by atoms with Crippen molar-refractivity contribution >= 4 is 15.9 Å². The molecule has 0 amide bonds. The van der Waals surface area contributed by atoms with E-state index in [4.69, 9.17) is 4.42 Å². The maximum Gasteiger partial charge on any atom is 0.138 e. The zero-order valence-electron chi connectivity index (χ0n) is 10.6. The number of hydrogen-bond acceptors (Lipinski definition) is 2. The maximum atomic E-state index is 13.8. The topological polar surface area (TPSA) is 25.2 Å². The molecule has 0 radical (unpaired) electrons. The van der Waals surface area contributed by atoms with E-state index in [1.807, 2.05) is 13.8 Å². The van der Waals surface area contributed by atoms with Gasteiger partial charge in [0.2, 0.25) is 0 Å². The van der Waals surface area contributed by atoms with Crippen LogP contribution in [-0.2, 0) is 6.54 Å². The molecule has 0 aliphatic carbocycles. The van der Waals surface area contributed by atoms with E-state index in [0.717, 1.165) is 12.1 Å². The van der Waals surface area contributed by atoms with Crippen LogP contribution in [0.2, 0.25) is 0 Å². The van der Waals surface area contributed by atoms with E-state index in [9.17, 15) is 8.78 Å². The number of benzene rings is 1. The number of furan rings is 1. The van der Waals surface area contributed by atoms with Crippen LogP contribution in [0.1, 0.15) is 19.6 Å². The molecule has 2 aromatic rings. The second-order valence-electron chi connectivity index (χ2n) is 4.55. The fraction of sp³-hybridized carbons (Fsp3) is 0.286. The highest BCUT2D eigenvalue weighted by molar-refractivity contribution is 9.10. The van der Waals surface area contributed by atoms with Gasteiger partial charge in [-0.2, -0.15) is 0 Å². The van der Waals surface area contributed by atoms with Gasteiger partial charge in [-0.1, -0.05) is 13.8 Å². The van der Waals surface area contributed by atoms with Crippen molar-refractivity contribution < 1.29 is 13.2 Å². The summed E-state index contributed by atoms with van der Waals surface area (Å²) in [5.74, 6) is -0.0310. The van der Waals surface area contributed by atoms with Gasteiger partial charge in [0.25, 0.3) is 0 Å². The molecule has 2 rings (SSSR count). The van der Waals surface area contributed by atoms with Crippen molar-refractivity contribution in [2.24, 2.45) is 0 Å². The Bertz CT molecular complexity index is 581. The molecule has 0 unspecified atom stereocenters. The summed E-state index contributed by atoms with van der Waals surface area (Å²) >= 11 is 2.94. The summed E-state index contributed by atoms with van der Waals surface area (Å²) in [6.45, 7) is 4.60. The predicted molar refractivity (Wildman–Crippen MR) is 73.7 cm³/mol. The van der Waals surface area contributed by atoms with E-state index in [-0.39, 0.29) is 10.0 Å². The minimum absolute atomic E-state index is 0.0991. The van der Waals surface area contributed by atoms with Crippen LogP contribution in [0, 0.1) is 11.6 Å². The van der Waals surface area contributed by atoms with Crippen molar-refractivity contribution in [3.8, 4) is 11.3 Å². The number of halogens is 3. The van der Waals surface area contributed by atoms with Gasteiger partial charge in [-0.3, -0.25) is 0 Å². The summed E-state index contributed by atoms with van der Waals surface area (Å²) in [4.78, 5) is 0. The molecule has 1 aromatic heterocycles. The first-order valence-corrected chi connectivity index (χ1v) is 6.73. The molecule has 0 aliphatic heterocycles. The van der Waals surface area contributed by atoms with Gasteiger partial charge < -0.3 is 9.73 Å². The molecule has 0 atom stereocenters. The van der Waals surface area contributed by atoms with Crippen LogP contribution in [0.3, 0.4) is 0 Å². The second-order valence-corrected chi connectivity index (χ2v) is 5.40. The summed E-state index contributed by atoms with van der Waals surface area (Å²) < 4.78 is 32.8. The molecule has 102 valence electrons.